The van der Waals surface area contributed by atoms with Crippen LogP contribution in [0.2, 0.25) is 0 Å². The van der Waals surface area contributed by atoms with E-state index in [9.17, 15) is 14.4 Å². The third-order valence-electron chi connectivity index (χ3n) is 5.48. The van der Waals surface area contributed by atoms with E-state index in [0.717, 1.165) is 5.56 Å². The first kappa shape index (κ1) is 23.8. The summed E-state index contributed by atoms with van der Waals surface area (Å²) in [6.45, 7) is 11.4. The molecule has 1 aromatic heterocycles. The molecule has 3 rings (SSSR count). The largest absolute Gasteiger partial charge is 0.463 e. The summed E-state index contributed by atoms with van der Waals surface area (Å²) in [6.07, 6.45) is 1.64. The van der Waals surface area contributed by atoms with E-state index in [4.69, 9.17) is 4.74 Å². The number of ether oxygens (including phenoxy) is 1. The van der Waals surface area contributed by atoms with Gasteiger partial charge in [0.05, 0.1) is 18.2 Å². The van der Waals surface area contributed by atoms with Crippen molar-refractivity contribution in [2.45, 2.75) is 19.9 Å². The van der Waals surface area contributed by atoms with Crippen LogP contribution in [0, 0.1) is 0 Å². The van der Waals surface area contributed by atoms with Crippen molar-refractivity contribution in [1.82, 2.24) is 25.3 Å². The fourth-order valence-corrected chi connectivity index (χ4v) is 4.60. The molecule has 0 radical (unpaired) electrons. The van der Waals surface area contributed by atoms with E-state index in [1.807, 2.05) is 23.8 Å². The molecule has 0 aliphatic carbocycles. The highest BCUT2D eigenvalue weighted by Gasteiger charge is 2.39. The highest BCUT2D eigenvalue weighted by Crippen LogP contribution is 2.33. The Morgan fingerprint density at radius 1 is 1.31 bits per heavy atom. The molecule has 0 bridgehead atoms. The number of amides is 4. The maximum absolute atomic E-state index is 13.1. The van der Waals surface area contributed by atoms with Crippen LogP contribution in [0.15, 0.2) is 40.8 Å². The lowest BCUT2D eigenvalue weighted by Gasteiger charge is -2.40. The highest BCUT2D eigenvalue weighted by molar-refractivity contribution is 7.08. The molecular weight excluding hydrogens is 430 g/mol. The van der Waals surface area contributed by atoms with E-state index in [1.54, 1.807) is 22.8 Å². The number of thiophene rings is 1. The number of carbonyl (C=O) groups excluding carboxylic acids is 3. The number of rotatable bonds is 8. The second kappa shape index (κ2) is 11.1. The number of piperazine rings is 1. The van der Waals surface area contributed by atoms with Gasteiger partial charge < -0.3 is 20.3 Å². The summed E-state index contributed by atoms with van der Waals surface area (Å²) in [4.78, 5) is 43.7. The molecule has 32 heavy (non-hydrogen) atoms. The van der Waals surface area contributed by atoms with Crippen LogP contribution in [0.25, 0.3) is 0 Å². The quantitative estimate of drug-likeness (QED) is 0.457. The van der Waals surface area contributed by atoms with E-state index in [0.29, 0.717) is 50.5 Å². The van der Waals surface area contributed by atoms with Gasteiger partial charge >= 0.3 is 18.0 Å². The number of nitrogens with one attached hydrogen (secondary N) is 2. The maximum Gasteiger partial charge on any atom is 0.338 e. The Balaban J connectivity index is 1.91. The Kier molecular flexibility index (Phi) is 8.29. The van der Waals surface area contributed by atoms with E-state index in [-0.39, 0.29) is 25.2 Å². The van der Waals surface area contributed by atoms with Crippen molar-refractivity contribution in [1.29, 1.82) is 0 Å². The van der Waals surface area contributed by atoms with Crippen molar-refractivity contribution >= 4 is 29.4 Å². The standard InChI is InChI=1S/C22H31N5O4S/c1-4-8-27-17(14-25-9-11-26(12-10-25)21(29)23-5-2)18(20(28)31-6-3)19(24-22(27)30)16-7-13-32-15-16/h4,7,13,15,19H,1,5-6,8-12,14H2,2-3H3,(H,23,29)(H,24,30)/t19-/m1/s1. The zero-order chi connectivity index (χ0) is 23.1. The Morgan fingerprint density at radius 3 is 2.66 bits per heavy atom. The van der Waals surface area contributed by atoms with Gasteiger partial charge in [-0.3, -0.25) is 9.80 Å². The summed E-state index contributed by atoms with van der Waals surface area (Å²) >= 11 is 1.51. The molecular formula is C22H31N5O4S. The number of nitrogens with zero attached hydrogens (tertiary/aromatic N) is 3. The van der Waals surface area contributed by atoms with Gasteiger partial charge in [0, 0.05) is 51.5 Å². The van der Waals surface area contributed by atoms with Crippen molar-refractivity contribution in [3.05, 3.63) is 46.3 Å². The molecule has 1 atom stereocenters. The van der Waals surface area contributed by atoms with Crippen LogP contribution in [0.1, 0.15) is 25.5 Å². The van der Waals surface area contributed by atoms with Crippen molar-refractivity contribution in [2.24, 2.45) is 0 Å². The van der Waals surface area contributed by atoms with Gasteiger partial charge in [0.2, 0.25) is 0 Å². The predicted octanol–water partition coefficient (Wildman–Crippen LogP) is 2.16. The van der Waals surface area contributed by atoms with Crippen LogP contribution < -0.4 is 10.6 Å². The van der Waals surface area contributed by atoms with Crippen molar-refractivity contribution < 1.29 is 19.1 Å². The molecule has 9 nitrogen and oxygen atoms in total. The van der Waals surface area contributed by atoms with E-state index in [1.165, 1.54) is 11.3 Å². The maximum atomic E-state index is 13.1. The number of carbonyl (C=O) groups is 3. The molecule has 0 saturated carbocycles. The molecule has 4 amide bonds. The summed E-state index contributed by atoms with van der Waals surface area (Å²) in [7, 11) is 0. The molecule has 3 heterocycles. The summed E-state index contributed by atoms with van der Waals surface area (Å²) in [6, 6.07) is 0.993. The van der Waals surface area contributed by atoms with Gasteiger partial charge in [0.1, 0.15) is 0 Å². The second-order valence-electron chi connectivity index (χ2n) is 7.52. The molecule has 0 aromatic carbocycles. The molecule has 2 aliphatic heterocycles. The van der Waals surface area contributed by atoms with Crippen LogP contribution in [-0.2, 0) is 9.53 Å². The van der Waals surface area contributed by atoms with Gasteiger partial charge in [0.25, 0.3) is 0 Å². The molecule has 2 N–H and O–H groups in total. The lowest BCUT2D eigenvalue weighted by molar-refractivity contribution is -0.139. The van der Waals surface area contributed by atoms with Crippen molar-refractivity contribution in [2.75, 3.05) is 52.4 Å². The van der Waals surface area contributed by atoms with Crippen molar-refractivity contribution in [3.8, 4) is 0 Å². The minimum Gasteiger partial charge on any atom is -0.463 e. The normalized spacial score (nSPS) is 19.6. The first-order valence-corrected chi connectivity index (χ1v) is 11.8. The van der Waals surface area contributed by atoms with Gasteiger partial charge in [-0.25, -0.2) is 14.4 Å². The Morgan fingerprint density at radius 2 is 2.06 bits per heavy atom. The SMILES string of the molecule is C=CCN1C(=O)N[C@H](c2ccsc2)C(C(=O)OCC)=C1CN1CCN(C(=O)NCC)CC1. The predicted molar refractivity (Wildman–Crippen MR) is 123 cm³/mol. The zero-order valence-electron chi connectivity index (χ0n) is 18.6. The van der Waals surface area contributed by atoms with E-state index >= 15 is 0 Å². The number of esters is 1. The van der Waals surface area contributed by atoms with Gasteiger partial charge in [-0.05, 0) is 36.2 Å². The number of hydrogen-bond donors (Lipinski definition) is 2. The van der Waals surface area contributed by atoms with Crippen LogP contribution >= 0.6 is 11.3 Å². The van der Waals surface area contributed by atoms with Gasteiger partial charge in [0.15, 0.2) is 0 Å². The monoisotopic (exact) mass is 461 g/mol. The Bertz CT molecular complexity index is 862. The topological polar surface area (TPSA) is 94.2 Å². The number of hydrogen-bond acceptors (Lipinski definition) is 6. The van der Waals surface area contributed by atoms with Gasteiger partial charge in [-0.2, -0.15) is 11.3 Å². The summed E-state index contributed by atoms with van der Waals surface area (Å²) in [5, 5.41) is 9.62. The minimum absolute atomic E-state index is 0.0681. The third kappa shape index (κ3) is 5.31. The van der Waals surface area contributed by atoms with Crippen LogP contribution in [0.4, 0.5) is 9.59 Å². The average Bonchev–Trinajstić information content (AvgIpc) is 3.31. The van der Waals surface area contributed by atoms with Crippen LogP contribution in [0.5, 0.6) is 0 Å². The summed E-state index contributed by atoms with van der Waals surface area (Å²) in [5.41, 5.74) is 1.91. The average molecular weight is 462 g/mol. The fraction of sp³-hybridized carbons (Fsp3) is 0.500. The van der Waals surface area contributed by atoms with Gasteiger partial charge in [-0.15, -0.1) is 6.58 Å². The lowest BCUT2D eigenvalue weighted by Crippen LogP contribution is -2.55. The Labute approximate surface area is 192 Å². The van der Waals surface area contributed by atoms with Crippen molar-refractivity contribution in [3.63, 3.8) is 0 Å². The minimum atomic E-state index is -0.569. The smallest absolute Gasteiger partial charge is 0.338 e. The molecule has 1 saturated heterocycles. The molecule has 0 unspecified atom stereocenters. The van der Waals surface area contributed by atoms with Crippen LogP contribution in [0.3, 0.4) is 0 Å². The first-order chi connectivity index (χ1) is 15.5. The molecule has 2 aliphatic rings. The summed E-state index contributed by atoms with van der Waals surface area (Å²) in [5.74, 6) is -0.436. The summed E-state index contributed by atoms with van der Waals surface area (Å²) < 4.78 is 5.39. The highest BCUT2D eigenvalue weighted by atomic mass is 32.1. The molecule has 1 fully saturated rings. The molecule has 10 heteroatoms. The van der Waals surface area contributed by atoms with Gasteiger partial charge in [-0.1, -0.05) is 6.08 Å². The van der Waals surface area contributed by atoms with Crippen LogP contribution in [-0.4, -0.2) is 85.2 Å². The second-order valence-corrected chi connectivity index (χ2v) is 8.30. The first-order valence-electron chi connectivity index (χ1n) is 10.9. The number of urea groups is 2. The van der Waals surface area contributed by atoms with E-state index in [2.05, 4.69) is 22.1 Å². The Hall–Kier alpha value is -2.85. The van der Waals surface area contributed by atoms with E-state index < -0.39 is 12.0 Å². The molecule has 1 aromatic rings. The third-order valence-corrected chi connectivity index (χ3v) is 6.18. The molecule has 0 spiro atoms. The lowest BCUT2D eigenvalue weighted by atomic mass is 9.96. The zero-order valence-corrected chi connectivity index (χ0v) is 19.5. The molecule has 174 valence electrons. The fourth-order valence-electron chi connectivity index (χ4n) is 3.92.